The summed E-state index contributed by atoms with van der Waals surface area (Å²) in [5.74, 6) is 0.0110. The summed E-state index contributed by atoms with van der Waals surface area (Å²) in [6.45, 7) is 5.87. The second kappa shape index (κ2) is 7.69. The predicted molar refractivity (Wildman–Crippen MR) is 74.4 cm³/mol. The monoisotopic (exact) mass is 249 g/mol. The maximum atomic E-state index is 12.3. The molecule has 100 valence electrons. The molecule has 4 nitrogen and oxygen atoms in total. The van der Waals surface area contributed by atoms with Gasteiger partial charge in [0.1, 0.15) is 5.69 Å². The smallest absolute Gasteiger partial charge is 0.272 e. The van der Waals surface area contributed by atoms with Gasteiger partial charge < -0.3 is 10.6 Å². The van der Waals surface area contributed by atoms with E-state index in [1.807, 2.05) is 4.90 Å². The van der Waals surface area contributed by atoms with Gasteiger partial charge in [-0.2, -0.15) is 0 Å². The van der Waals surface area contributed by atoms with Crippen molar-refractivity contribution in [1.82, 2.24) is 9.88 Å². The highest BCUT2D eigenvalue weighted by atomic mass is 16.2. The van der Waals surface area contributed by atoms with Crippen molar-refractivity contribution in [2.45, 2.75) is 39.5 Å². The van der Waals surface area contributed by atoms with Gasteiger partial charge in [0.15, 0.2) is 0 Å². The molecular weight excluding hydrogens is 226 g/mol. The number of aromatic nitrogens is 1. The summed E-state index contributed by atoms with van der Waals surface area (Å²) in [7, 11) is 0. The van der Waals surface area contributed by atoms with E-state index in [-0.39, 0.29) is 5.91 Å². The molecule has 4 heteroatoms. The van der Waals surface area contributed by atoms with Gasteiger partial charge in [-0.1, -0.05) is 26.7 Å². The Hall–Kier alpha value is -1.58. The summed E-state index contributed by atoms with van der Waals surface area (Å²) in [6.07, 6.45) is 5.77. The fraction of sp³-hybridized carbons (Fsp3) is 0.571. The summed E-state index contributed by atoms with van der Waals surface area (Å²) in [6, 6.07) is 3.42. The van der Waals surface area contributed by atoms with Crippen LogP contribution in [0.3, 0.4) is 0 Å². The molecular formula is C14H23N3O. The average Bonchev–Trinajstić information content (AvgIpc) is 2.39. The number of carbonyl (C=O) groups excluding carboxylic acids is 1. The number of nitrogen functional groups attached to an aromatic ring is 1. The molecule has 0 aromatic carbocycles. The Balaban J connectivity index is 2.70. The van der Waals surface area contributed by atoms with Gasteiger partial charge in [0, 0.05) is 13.1 Å². The summed E-state index contributed by atoms with van der Waals surface area (Å²) < 4.78 is 0. The molecule has 18 heavy (non-hydrogen) atoms. The Morgan fingerprint density at radius 3 is 2.28 bits per heavy atom. The van der Waals surface area contributed by atoms with Crippen LogP contribution in [-0.2, 0) is 0 Å². The van der Waals surface area contributed by atoms with Crippen molar-refractivity contribution in [3.63, 3.8) is 0 Å². The molecule has 2 N–H and O–H groups in total. The van der Waals surface area contributed by atoms with E-state index in [4.69, 9.17) is 5.73 Å². The molecule has 0 radical (unpaired) electrons. The molecule has 0 aliphatic heterocycles. The first-order valence-electron chi connectivity index (χ1n) is 6.69. The van der Waals surface area contributed by atoms with E-state index < -0.39 is 0 Å². The number of rotatable bonds is 7. The minimum absolute atomic E-state index is 0.0110. The molecule has 1 aromatic heterocycles. The zero-order valence-corrected chi connectivity index (χ0v) is 11.4. The number of pyridine rings is 1. The van der Waals surface area contributed by atoms with Gasteiger partial charge >= 0.3 is 0 Å². The van der Waals surface area contributed by atoms with Crippen LogP contribution in [0.2, 0.25) is 0 Å². The minimum Gasteiger partial charge on any atom is -0.397 e. The molecule has 0 spiro atoms. The molecule has 0 aliphatic rings. The van der Waals surface area contributed by atoms with E-state index in [0.29, 0.717) is 11.4 Å². The van der Waals surface area contributed by atoms with Crippen molar-refractivity contribution >= 4 is 11.6 Å². The number of unbranched alkanes of at least 4 members (excludes halogenated alkanes) is 2. The van der Waals surface area contributed by atoms with Crippen molar-refractivity contribution in [3.05, 3.63) is 24.0 Å². The summed E-state index contributed by atoms with van der Waals surface area (Å²) in [5.41, 5.74) is 6.64. The molecule has 0 bridgehead atoms. The normalized spacial score (nSPS) is 10.3. The maximum Gasteiger partial charge on any atom is 0.272 e. The number of hydrogen-bond donors (Lipinski definition) is 1. The van der Waals surface area contributed by atoms with Crippen LogP contribution in [0, 0.1) is 0 Å². The van der Waals surface area contributed by atoms with Crippen molar-refractivity contribution in [1.29, 1.82) is 0 Å². The predicted octanol–water partition coefficient (Wildman–Crippen LogP) is 2.71. The van der Waals surface area contributed by atoms with Crippen LogP contribution in [0.25, 0.3) is 0 Å². The lowest BCUT2D eigenvalue weighted by atomic mass is 10.2. The molecule has 0 saturated heterocycles. The van der Waals surface area contributed by atoms with E-state index in [1.54, 1.807) is 12.1 Å². The van der Waals surface area contributed by atoms with Gasteiger partial charge in [0.25, 0.3) is 5.91 Å². The minimum atomic E-state index is 0.0110. The molecule has 0 saturated carbocycles. The highest BCUT2D eigenvalue weighted by Crippen LogP contribution is 2.08. The number of nitrogens with zero attached hydrogens (tertiary/aromatic N) is 2. The molecule has 1 heterocycles. The third-order valence-electron chi connectivity index (χ3n) is 2.86. The van der Waals surface area contributed by atoms with E-state index in [9.17, 15) is 4.79 Å². The van der Waals surface area contributed by atoms with Crippen molar-refractivity contribution < 1.29 is 4.79 Å². The Labute approximate surface area is 109 Å². The van der Waals surface area contributed by atoms with E-state index >= 15 is 0 Å². The topological polar surface area (TPSA) is 59.2 Å². The van der Waals surface area contributed by atoms with Crippen LogP contribution >= 0.6 is 0 Å². The average molecular weight is 249 g/mol. The number of amides is 1. The quantitative estimate of drug-likeness (QED) is 0.808. The van der Waals surface area contributed by atoms with Crippen LogP contribution in [0.5, 0.6) is 0 Å². The lowest BCUT2D eigenvalue weighted by molar-refractivity contribution is 0.0745. The molecule has 1 rings (SSSR count). The highest BCUT2D eigenvalue weighted by Gasteiger charge is 2.15. The summed E-state index contributed by atoms with van der Waals surface area (Å²) in [5, 5.41) is 0. The molecule has 0 aliphatic carbocycles. The second-order valence-electron chi connectivity index (χ2n) is 4.48. The highest BCUT2D eigenvalue weighted by molar-refractivity contribution is 5.92. The van der Waals surface area contributed by atoms with Gasteiger partial charge in [0.2, 0.25) is 0 Å². The van der Waals surface area contributed by atoms with Crippen LogP contribution in [0.1, 0.15) is 50.0 Å². The molecule has 0 fully saturated rings. The fourth-order valence-corrected chi connectivity index (χ4v) is 1.71. The molecule has 0 atom stereocenters. The standard InChI is InChI=1S/C14H23N3O/c1-3-5-9-17(10-6-4-2)14(18)13-8-7-12(15)11-16-13/h7-8,11H,3-6,9-10,15H2,1-2H3. The fourth-order valence-electron chi connectivity index (χ4n) is 1.71. The lowest BCUT2D eigenvalue weighted by Crippen LogP contribution is -2.33. The maximum absolute atomic E-state index is 12.3. The van der Waals surface area contributed by atoms with Crippen LogP contribution in [0.4, 0.5) is 5.69 Å². The molecule has 1 amide bonds. The third-order valence-corrected chi connectivity index (χ3v) is 2.86. The van der Waals surface area contributed by atoms with Crippen molar-refractivity contribution in [2.24, 2.45) is 0 Å². The van der Waals surface area contributed by atoms with Crippen LogP contribution < -0.4 is 5.73 Å². The zero-order valence-electron chi connectivity index (χ0n) is 11.4. The lowest BCUT2D eigenvalue weighted by Gasteiger charge is -2.22. The van der Waals surface area contributed by atoms with E-state index in [0.717, 1.165) is 38.8 Å². The first kappa shape index (κ1) is 14.5. The van der Waals surface area contributed by atoms with Crippen LogP contribution in [-0.4, -0.2) is 28.9 Å². The zero-order chi connectivity index (χ0) is 13.4. The Kier molecular flexibility index (Phi) is 6.19. The summed E-state index contributed by atoms with van der Waals surface area (Å²) >= 11 is 0. The van der Waals surface area contributed by atoms with E-state index in [2.05, 4.69) is 18.8 Å². The van der Waals surface area contributed by atoms with Gasteiger partial charge in [-0.3, -0.25) is 4.79 Å². The SMILES string of the molecule is CCCCN(CCCC)C(=O)c1ccc(N)cn1. The second-order valence-corrected chi connectivity index (χ2v) is 4.48. The molecule has 1 aromatic rings. The van der Waals surface area contributed by atoms with Crippen molar-refractivity contribution in [3.8, 4) is 0 Å². The number of hydrogen-bond acceptors (Lipinski definition) is 3. The van der Waals surface area contributed by atoms with Crippen molar-refractivity contribution in [2.75, 3.05) is 18.8 Å². The van der Waals surface area contributed by atoms with Gasteiger partial charge in [-0.25, -0.2) is 4.98 Å². The number of anilines is 1. The number of carbonyl (C=O) groups is 1. The van der Waals surface area contributed by atoms with Crippen LogP contribution in [0.15, 0.2) is 18.3 Å². The van der Waals surface area contributed by atoms with E-state index in [1.165, 1.54) is 6.20 Å². The number of nitrogens with two attached hydrogens (primary N) is 1. The van der Waals surface area contributed by atoms with Gasteiger partial charge in [-0.05, 0) is 25.0 Å². The Morgan fingerprint density at radius 1 is 1.22 bits per heavy atom. The third kappa shape index (κ3) is 4.35. The first-order valence-corrected chi connectivity index (χ1v) is 6.69. The Morgan fingerprint density at radius 2 is 1.83 bits per heavy atom. The summed E-state index contributed by atoms with van der Waals surface area (Å²) in [4.78, 5) is 18.3. The molecule has 0 unspecified atom stereocenters. The van der Waals surface area contributed by atoms with Gasteiger partial charge in [-0.15, -0.1) is 0 Å². The largest absolute Gasteiger partial charge is 0.397 e. The van der Waals surface area contributed by atoms with Gasteiger partial charge in [0.05, 0.1) is 11.9 Å². The Bertz CT molecular complexity index is 354. The first-order chi connectivity index (χ1) is 8.69.